The van der Waals surface area contributed by atoms with Crippen LogP contribution in [0.15, 0.2) is 71.6 Å². The first-order valence-corrected chi connectivity index (χ1v) is 9.14. The quantitative estimate of drug-likeness (QED) is 0.229. The minimum atomic E-state index is -0.975. The highest BCUT2D eigenvalue weighted by Gasteiger charge is 2.28. The Morgan fingerprint density at radius 1 is 1.03 bits per heavy atom. The van der Waals surface area contributed by atoms with Gasteiger partial charge in [0, 0.05) is 16.7 Å². The summed E-state index contributed by atoms with van der Waals surface area (Å²) in [4.78, 5) is 37.1. The Hall–Kier alpha value is -3.58. The van der Waals surface area contributed by atoms with Gasteiger partial charge < -0.3 is 21.1 Å². The third-order valence-electron chi connectivity index (χ3n) is 4.11. The number of fused-ring (bicyclic) bond motifs is 1. The number of rotatable bonds is 5. The number of carbonyl (C=O) groups is 3. The normalized spacial score (nSPS) is 15.6. The molecule has 1 heterocycles. The summed E-state index contributed by atoms with van der Waals surface area (Å²) in [5.74, 6) is -2.21. The second-order valence-electron chi connectivity index (χ2n) is 6.06. The average molecular weight is 412 g/mol. The second-order valence-corrected chi connectivity index (χ2v) is 6.50. The minimum Gasteiger partial charge on any atom is -0.462 e. The van der Waals surface area contributed by atoms with Gasteiger partial charge in [-0.05, 0) is 43.3 Å². The van der Waals surface area contributed by atoms with E-state index in [-0.39, 0.29) is 29.4 Å². The van der Waals surface area contributed by atoms with Crippen molar-refractivity contribution in [2.75, 3.05) is 17.2 Å². The summed E-state index contributed by atoms with van der Waals surface area (Å²) in [6, 6.07) is 13.5. The van der Waals surface area contributed by atoms with Crippen molar-refractivity contribution in [2.45, 2.75) is 6.92 Å². The van der Waals surface area contributed by atoms with Gasteiger partial charge in [0.2, 0.25) is 0 Å². The maximum absolute atomic E-state index is 12.7. The zero-order valence-corrected chi connectivity index (χ0v) is 16.2. The van der Waals surface area contributed by atoms with Crippen LogP contribution in [0.3, 0.4) is 0 Å². The van der Waals surface area contributed by atoms with E-state index in [0.717, 1.165) is 0 Å². The predicted molar refractivity (Wildman–Crippen MR) is 110 cm³/mol. The molecule has 2 aromatic rings. The van der Waals surface area contributed by atoms with E-state index in [4.69, 9.17) is 22.1 Å². The number of halogens is 1. The minimum absolute atomic E-state index is 0.0651. The Balaban J connectivity index is 2.13. The van der Waals surface area contributed by atoms with Gasteiger partial charge in [-0.25, -0.2) is 4.79 Å². The molecule has 29 heavy (non-hydrogen) atoms. The fraction of sp³-hybridized carbons (Fsp3) is 0.0952. The van der Waals surface area contributed by atoms with Crippen molar-refractivity contribution in [1.82, 2.24) is 0 Å². The molecule has 1 aliphatic rings. The van der Waals surface area contributed by atoms with E-state index in [1.807, 2.05) is 0 Å². The number of ether oxygens (including phenoxy) is 1. The van der Waals surface area contributed by atoms with Gasteiger partial charge in [-0.15, -0.1) is 0 Å². The third kappa shape index (κ3) is 4.47. The molecular formula is C21H18ClN3O4. The Morgan fingerprint density at radius 2 is 1.66 bits per heavy atom. The van der Waals surface area contributed by atoms with E-state index in [9.17, 15) is 14.4 Å². The van der Waals surface area contributed by atoms with E-state index in [1.54, 1.807) is 55.5 Å². The fourth-order valence-corrected chi connectivity index (χ4v) is 2.90. The summed E-state index contributed by atoms with van der Waals surface area (Å²) in [7, 11) is 0. The second kappa shape index (κ2) is 8.62. The number of esters is 1. The first kappa shape index (κ1) is 20.2. The summed E-state index contributed by atoms with van der Waals surface area (Å²) < 4.78 is 4.97. The van der Waals surface area contributed by atoms with E-state index in [2.05, 4.69) is 10.6 Å². The lowest BCUT2D eigenvalue weighted by Crippen LogP contribution is -2.30. The highest BCUT2D eigenvalue weighted by atomic mass is 35.5. The SMILES string of the molecule is CCOC(=O)/C(C(N)=O)=C1\Nc2ccccc2N\C1=C/C(=O)c1ccc(Cl)cc1. The largest absolute Gasteiger partial charge is 0.462 e. The lowest BCUT2D eigenvalue weighted by molar-refractivity contribution is -0.140. The highest BCUT2D eigenvalue weighted by Crippen LogP contribution is 2.33. The van der Waals surface area contributed by atoms with Crippen molar-refractivity contribution in [3.63, 3.8) is 0 Å². The molecule has 0 saturated carbocycles. The van der Waals surface area contributed by atoms with Crippen molar-refractivity contribution in [2.24, 2.45) is 5.73 Å². The summed E-state index contributed by atoms with van der Waals surface area (Å²) in [5.41, 5.74) is 7.01. The molecule has 0 saturated heterocycles. The number of allylic oxidation sites excluding steroid dienone is 1. The first-order valence-electron chi connectivity index (χ1n) is 8.77. The molecule has 1 aliphatic heterocycles. The van der Waals surface area contributed by atoms with Gasteiger partial charge in [-0.2, -0.15) is 0 Å². The fourth-order valence-electron chi connectivity index (χ4n) is 2.77. The molecule has 0 radical (unpaired) electrons. The number of amides is 1. The van der Waals surface area contributed by atoms with Crippen LogP contribution >= 0.6 is 11.6 Å². The van der Waals surface area contributed by atoms with E-state index in [0.29, 0.717) is 22.0 Å². The van der Waals surface area contributed by atoms with Crippen molar-refractivity contribution < 1.29 is 19.1 Å². The standard InChI is InChI=1S/C21H18ClN3O4/c1-2-29-21(28)18(20(23)27)19-16(24-14-5-3-4-6-15(14)25-19)11-17(26)12-7-9-13(22)10-8-12/h3-11,24-25H,2H2,1H3,(H2,23,27)/b16-11-,19-18-. The van der Waals surface area contributed by atoms with Crippen molar-refractivity contribution in [1.29, 1.82) is 0 Å². The monoisotopic (exact) mass is 411 g/mol. The number of benzene rings is 2. The molecule has 0 unspecified atom stereocenters. The molecule has 148 valence electrons. The van der Waals surface area contributed by atoms with Gasteiger partial charge in [0.1, 0.15) is 5.57 Å². The van der Waals surface area contributed by atoms with Crippen LogP contribution in [0.25, 0.3) is 0 Å². The Morgan fingerprint density at radius 3 is 2.24 bits per heavy atom. The molecule has 0 fully saturated rings. The molecule has 1 amide bonds. The molecule has 0 aromatic heterocycles. The summed E-state index contributed by atoms with van der Waals surface area (Å²) in [6.45, 7) is 1.68. The van der Waals surface area contributed by atoms with Crippen molar-refractivity contribution in [3.8, 4) is 0 Å². The van der Waals surface area contributed by atoms with Crippen LogP contribution in [-0.4, -0.2) is 24.3 Å². The molecule has 3 rings (SSSR count). The van der Waals surface area contributed by atoms with Crippen LogP contribution in [0.2, 0.25) is 5.02 Å². The number of ketones is 1. The maximum Gasteiger partial charge on any atom is 0.345 e. The van der Waals surface area contributed by atoms with Crippen molar-refractivity contribution in [3.05, 3.63) is 82.2 Å². The first-order chi connectivity index (χ1) is 13.9. The number of para-hydroxylation sites is 2. The lowest BCUT2D eigenvalue weighted by atomic mass is 10.0. The number of hydrogen-bond acceptors (Lipinski definition) is 6. The van der Waals surface area contributed by atoms with E-state index in [1.165, 1.54) is 6.08 Å². The summed E-state index contributed by atoms with van der Waals surface area (Å²) >= 11 is 5.87. The van der Waals surface area contributed by atoms with Crippen LogP contribution in [0.4, 0.5) is 11.4 Å². The van der Waals surface area contributed by atoms with Gasteiger partial charge in [-0.1, -0.05) is 23.7 Å². The number of nitrogens with two attached hydrogens (primary N) is 1. The molecule has 0 aliphatic carbocycles. The van der Waals surface area contributed by atoms with Crippen molar-refractivity contribution >= 4 is 40.6 Å². The molecule has 7 nitrogen and oxygen atoms in total. The molecule has 2 aromatic carbocycles. The number of hydrogen-bond donors (Lipinski definition) is 3. The zero-order chi connectivity index (χ0) is 21.0. The lowest BCUT2D eigenvalue weighted by Gasteiger charge is -2.26. The van der Waals surface area contributed by atoms with Crippen LogP contribution < -0.4 is 16.4 Å². The predicted octanol–water partition coefficient (Wildman–Crippen LogP) is 3.25. The molecule has 8 heteroatoms. The van der Waals surface area contributed by atoms with Gasteiger partial charge in [-0.3, -0.25) is 9.59 Å². The zero-order valence-electron chi connectivity index (χ0n) is 15.5. The van der Waals surface area contributed by atoms with E-state index >= 15 is 0 Å². The third-order valence-corrected chi connectivity index (χ3v) is 4.36. The molecule has 0 spiro atoms. The van der Waals surface area contributed by atoms with Crippen LogP contribution in [0.5, 0.6) is 0 Å². The Kier molecular flexibility index (Phi) is 5.99. The number of carbonyl (C=O) groups excluding carboxylic acids is 3. The number of nitrogens with one attached hydrogen (secondary N) is 2. The highest BCUT2D eigenvalue weighted by molar-refractivity contribution is 6.30. The summed E-state index contributed by atoms with van der Waals surface area (Å²) in [6.07, 6.45) is 1.28. The Bertz CT molecular complexity index is 1040. The van der Waals surface area contributed by atoms with Gasteiger partial charge in [0.25, 0.3) is 5.91 Å². The van der Waals surface area contributed by atoms with E-state index < -0.39 is 11.9 Å². The van der Waals surface area contributed by atoms with Gasteiger partial charge >= 0.3 is 5.97 Å². The number of anilines is 2. The molecule has 0 bridgehead atoms. The van der Waals surface area contributed by atoms with Crippen LogP contribution in [-0.2, 0) is 14.3 Å². The maximum atomic E-state index is 12.7. The Labute approximate surface area is 172 Å². The topological polar surface area (TPSA) is 111 Å². The van der Waals surface area contributed by atoms with Crippen LogP contribution in [0, 0.1) is 0 Å². The summed E-state index contributed by atoms with van der Waals surface area (Å²) in [5, 5.41) is 6.58. The average Bonchev–Trinajstić information content (AvgIpc) is 2.69. The smallest absolute Gasteiger partial charge is 0.345 e. The van der Waals surface area contributed by atoms with Crippen LogP contribution in [0.1, 0.15) is 17.3 Å². The molecule has 0 atom stereocenters. The van der Waals surface area contributed by atoms with Gasteiger partial charge in [0.15, 0.2) is 5.78 Å². The molecule has 4 N–H and O–H groups in total. The molecular weight excluding hydrogens is 394 g/mol. The number of primary amides is 1. The van der Waals surface area contributed by atoms with Gasteiger partial charge in [0.05, 0.1) is 29.4 Å².